The van der Waals surface area contributed by atoms with Crippen molar-refractivity contribution in [3.8, 4) is 0 Å². The van der Waals surface area contributed by atoms with E-state index in [-0.39, 0.29) is 50.9 Å². The Morgan fingerprint density at radius 1 is 0.778 bits per heavy atom. The third-order valence-electron chi connectivity index (χ3n) is 3.34. The first-order valence-corrected chi connectivity index (χ1v) is 7.42. The molecule has 2 aliphatic carbocycles. The third kappa shape index (κ3) is 6.16. The number of carbonyl (C=O) groups is 2. The van der Waals surface area contributed by atoms with Crippen molar-refractivity contribution < 1.29 is 36.2 Å². The molecule has 0 bridgehead atoms. The van der Waals surface area contributed by atoms with Crippen molar-refractivity contribution in [1.82, 2.24) is 10.6 Å². The first kappa shape index (κ1) is 21.7. The van der Waals surface area contributed by atoms with E-state index < -0.39 is 9.85 Å². The van der Waals surface area contributed by atoms with Crippen molar-refractivity contribution in [3.63, 3.8) is 0 Å². The molecule has 10 nitrogen and oxygen atoms in total. The first-order chi connectivity index (χ1) is 12.4. The smallest absolute Gasteiger partial charge is 0.270 e. The van der Waals surface area contributed by atoms with E-state index in [1.54, 1.807) is 0 Å². The summed E-state index contributed by atoms with van der Waals surface area (Å²) >= 11 is 0. The normalized spacial score (nSPS) is 18.7. The number of ketones is 2. The number of hydrogen-bond acceptors (Lipinski definition) is 8. The van der Waals surface area contributed by atoms with E-state index in [2.05, 4.69) is 10.6 Å². The minimum Gasteiger partial charge on any atom is -0.389 e. The molecule has 0 aromatic heterocycles. The maximum atomic E-state index is 11.6. The summed E-state index contributed by atoms with van der Waals surface area (Å²) in [6, 6.07) is 0. The van der Waals surface area contributed by atoms with Crippen LogP contribution in [0.5, 0.6) is 0 Å². The van der Waals surface area contributed by atoms with Crippen molar-refractivity contribution in [1.29, 1.82) is 0 Å². The van der Waals surface area contributed by atoms with Crippen LogP contribution >= 0.6 is 0 Å². The van der Waals surface area contributed by atoms with Crippen molar-refractivity contribution in [2.75, 3.05) is 13.1 Å². The molecule has 0 heterocycles. The van der Waals surface area contributed by atoms with Crippen molar-refractivity contribution in [2.24, 2.45) is 0 Å². The standard InChI is InChI=1S/C16H14N4O6.Co/c21-15-3-1-13(19(23)24)7-11(15)9-17-5-6-18-10-12-8-14(20(25)26)2-4-16(12)22;/h1-4,7-10,17-18H,5-6H2;. The molecule has 2 N–H and O–H groups in total. The van der Waals surface area contributed by atoms with Crippen LogP contribution in [0.3, 0.4) is 0 Å². The van der Waals surface area contributed by atoms with E-state index in [1.807, 2.05) is 0 Å². The van der Waals surface area contributed by atoms with Gasteiger partial charge in [-0.1, -0.05) is 0 Å². The van der Waals surface area contributed by atoms with Gasteiger partial charge in [0.2, 0.25) is 0 Å². The predicted octanol–water partition coefficient (Wildman–Crippen LogP) is 0.530. The molecule has 0 aromatic rings. The largest absolute Gasteiger partial charge is 0.389 e. The first-order valence-electron chi connectivity index (χ1n) is 7.42. The molecule has 2 rings (SSSR count). The van der Waals surface area contributed by atoms with Gasteiger partial charge in [0.25, 0.3) is 11.4 Å². The van der Waals surface area contributed by atoms with Gasteiger partial charge in [-0.2, -0.15) is 0 Å². The average molecular weight is 417 g/mol. The number of rotatable bonds is 7. The molecule has 0 unspecified atom stereocenters. The zero-order valence-electron chi connectivity index (χ0n) is 13.7. The van der Waals surface area contributed by atoms with Gasteiger partial charge in [0.1, 0.15) is 0 Å². The Morgan fingerprint density at radius 3 is 1.48 bits per heavy atom. The van der Waals surface area contributed by atoms with E-state index in [0.717, 1.165) is 24.3 Å². The second-order valence-electron chi connectivity index (χ2n) is 5.16. The second-order valence-corrected chi connectivity index (χ2v) is 5.16. The molecular weight excluding hydrogens is 403 g/mol. The third-order valence-corrected chi connectivity index (χ3v) is 3.34. The summed E-state index contributed by atoms with van der Waals surface area (Å²) in [7, 11) is 0. The minimum absolute atomic E-state index is 0. The zero-order valence-corrected chi connectivity index (χ0v) is 14.8. The van der Waals surface area contributed by atoms with Crippen LogP contribution < -0.4 is 10.6 Å². The second kappa shape index (κ2) is 9.99. The van der Waals surface area contributed by atoms with Crippen LogP contribution in [0.25, 0.3) is 0 Å². The number of nitro groups is 2. The van der Waals surface area contributed by atoms with Gasteiger partial charge < -0.3 is 10.6 Å². The fraction of sp³-hybridized carbons (Fsp3) is 0.125. The van der Waals surface area contributed by atoms with Crippen LogP contribution in [0.15, 0.2) is 71.4 Å². The van der Waals surface area contributed by atoms with E-state index in [0.29, 0.717) is 13.1 Å². The van der Waals surface area contributed by atoms with Gasteiger partial charge in [-0.25, -0.2) is 0 Å². The SMILES string of the molecule is O=C1C=CC([N+](=O)[O-])=CC1=CNCCNC=C1C=C([N+](=O)[O-])C=CC1=O.[Co]. The molecule has 1 radical (unpaired) electrons. The molecule has 0 amide bonds. The monoisotopic (exact) mass is 417 g/mol. The molecule has 0 atom stereocenters. The van der Waals surface area contributed by atoms with Gasteiger partial charge in [-0.15, -0.1) is 0 Å². The average Bonchev–Trinajstić information content (AvgIpc) is 2.60. The Balaban J connectivity index is 0.00000364. The van der Waals surface area contributed by atoms with Gasteiger partial charge in [0.05, 0.1) is 9.85 Å². The van der Waals surface area contributed by atoms with E-state index in [9.17, 15) is 29.8 Å². The maximum Gasteiger partial charge on any atom is 0.270 e. The fourth-order valence-corrected chi connectivity index (χ4v) is 2.03. The summed E-state index contributed by atoms with van der Waals surface area (Å²) in [6.45, 7) is 0.698. The predicted molar refractivity (Wildman–Crippen MR) is 90.6 cm³/mol. The minimum atomic E-state index is -0.590. The number of allylic oxidation sites excluding steroid dienone is 8. The molecular formula is C16H14CoN4O6. The summed E-state index contributed by atoms with van der Waals surface area (Å²) in [4.78, 5) is 43.4. The molecule has 0 saturated heterocycles. The van der Waals surface area contributed by atoms with Crippen LogP contribution in [0.4, 0.5) is 0 Å². The molecule has 0 saturated carbocycles. The number of nitrogens with one attached hydrogen (secondary N) is 2. The van der Waals surface area contributed by atoms with Crippen LogP contribution in [-0.4, -0.2) is 34.5 Å². The van der Waals surface area contributed by atoms with Crippen LogP contribution in [-0.2, 0) is 26.4 Å². The summed E-state index contributed by atoms with van der Waals surface area (Å²) < 4.78 is 0. The summed E-state index contributed by atoms with van der Waals surface area (Å²) in [5.74, 6) is -0.703. The van der Waals surface area contributed by atoms with Gasteiger partial charge in [0.15, 0.2) is 11.6 Å². The van der Waals surface area contributed by atoms with Crippen molar-refractivity contribution in [2.45, 2.75) is 0 Å². The summed E-state index contributed by atoms with van der Waals surface area (Å²) in [5, 5.41) is 27.0. The van der Waals surface area contributed by atoms with E-state index in [1.165, 1.54) is 24.6 Å². The van der Waals surface area contributed by atoms with Gasteiger partial charge >= 0.3 is 0 Å². The van der Waals surface area contributed by atoms with Gasteiger partial charge in [0, 0.05) is 77.7 Å². The molecule has 143 valence electrons. The molecule has 27 heavy (non-hydrogen) atoms. The van der Waals surface area contributed by atoms with E-state index in [4.69, 9.17) is 0 Å². The zero-order chi connectivity index (χ0) is 19.1. The number of carbonyl (C=O) groups excluding carboxylic acids is 2. The molecule has 0 fully saturated rings. The maximum absolute atomic E-state index is 11.6. The fourth-order valence-electron chi connectivity index (χ4n) is 2.03. The van der Waals surface area contributed by atoms with Gasteiger partial charge in [-0.05, 0) is 12.2 Å². The van der Waals surface area contributed by atoms with Crippen molar-refractivity contribution in [3.05, 3.63) is 91.6 Å². The molecule has 11 heteroatoms. The summed E-state index contributed by atoms with van der Waals surface area (Å²) in [6.07, 6.45) is 9.58. The van der Waals surface area contributed by atoms with Crippen molar-refractivity contribution >= 4 is 11.6 Å². The summed E-state index contributed by atoms with van der Waals surface area (Å²) in [5.41, 5.74) is -0.0528. The quantitative estimate of drug-likeness (QED) is 0.264. The van der Waals surface area contributed by atoms with E-state index >= 15 is 0 Å². The topological polar surface area (TPSA) is 144 Å². The molecule has 2 aliphatic rings. The molecule has 0 aliphatic heterocycles. The van der Waals surface area contributed by atoms with Crippen LogP contribution in [0, 0.1) is 20.2 Å². The Labute approximate surface area is 163 Å². The Hall–Kier alpha value is -3.31. The van der Waals surface area contributed by atoms with Crippen LogP contribution in [0.1, 0.15) is 0 Å². The molecule has 0 spiro atoms. The molecule has 0 aromatic carbocycles. The Morgan fingerprint density at radius 2 is 1.15 bits per heavy atom. The number of hydrogen-bond donors (Lipinski definition) is 2. The Kier molecular flexibility index (Phi) is 8.04. The number of nitrogens with zero attached hydrogens (tertiary/aromatic N) is 2. The Bertz CT molecular complexity index is 781. The van der Waals surface area contributed by atoms with Gasteiger partial charge in [-0.3, -0.25) is 29.8 Å². The van der Waals surface area contributed by atoms with Crippen LogP contribution in [0.2, 0.25) is 0 Å².